The van der Waals surface area contributed by atoms with Gasteiger partial charge in [-0.15, -0.1) is 0 Å². The fourth-order valence-electron chi connectivity index (χ4n) is 0. The van der Waals surface area contributed by atoms with E-state index in [0.717, 1.165) is 0 Å². The minimum Gasteiger partial charge on any atom is 0 e. The van der Waals surface area contributed by atoms with Gasteiger partial charge in [0.2, 0.25) is 0 Å². The summed E-state index contributed by atoms with van der Waals surface area (Å²) >= 11 is 0. The van der Waals surface area contributed by atoms with E-state index < -0.39 is 0 Å². The molecule has 0 fully saturated rings. The van der Waals surface area contributed by atoms with Crippen LogP contribution in [0.15, 0.2) is 0 Å². The van der Waals surface area contributed by atoms with Crippen LogP contribution in [0.5, 0.6) is 0 Å². The molecule has 0 N–H and O–H groups in total. The van der Waals surface area contributed by atoms with E-state index in [4.69, 9.17) is 0 Å². The Morgan fingerprint density at radius 3 is 0.286 bits per heavy atom. The molecule has 0 aromatic carbocycles. The summed E-state index contributed by atoms with van der Waals surface area (Å²) in [6, 6.07) is 0. The van der Waals surface area contributed by atoms with Crippen LogP contribution in [-0.4, -0.2) is 99.0 Å². The number of rotatable bonds is 0. The van der Waals surface area contributed by atoms with Gasteiger partial charge in [0.25, 0.3) is 0 Å². The van der Waals surface area contributed by atoms with Crippen LogP contribution in [0.25, 0.3) is 0 Å². The molecular weight excluding hydrogens is 451 g/mol. The second kappa shape index (κ2) is 47.8. The third-order valence-electron chi connectivity index (χ3n) is 0. The average molecular weight is 466 g/mol. The first-order valence-electron chi connectivity index (χ1n) is 0. The third-order valence-corrected chi connectivity index (χ3v) is 0. The summed E-state index contributed by atoms with van der Waals surface area (Å²) < 4.78 is 0. The molecule has 40 valence electrons. The Hall–Kier alpha value is 4.35. The van der Waals surface area contributed by atoms with Crippen LogP contribution in [-0.2, 0) is 37.1 Å². The van der Waals surface area contributed by atoms with E-state index in [0.29, 0.717) is 0 Å². The smallest absolute Gasteiger partial charge is 0 e. The molecule has 0 nitrogen and oxygen atoms in total. The fraction of sp³-hybridized carbons (Fsp3) is 0. The summed E-state index contributed by atoms with van der Waals surface area (Å²) in [6.45, 7) is 0. The van der Waals surface area contributed by atoms with Crippen LogP contribution in [0.3, 0.4) is 0 Å². The Morgan fingerprint density at radius 1 is 0.286 bits per heavy atom. The SMILES string of the molecule is [GaH3].[GaH3].[GaH3].[GaH3].[GaH3].[V].[V]. The van der Waals surface area contributed by atoms with E-state index in [1.54, 1.807) is 0 Å². The van der Waals surface area contributed by atoms with Crippen LogP contribution in [0, 0.1) is 0 Å². The van der Waals surface area contributed by atoms with Gasteiger partial charge >= 0.3 is 99.0 Å². The molecule has 0 amide bonds. The summed E-state index contributed by atoms with van der Waals surface area (Å²) in [5.74, 6) is 0. The van der Waals surface area contributed by atoms with E-state index in [1.165, 1.54) is 0 Å². The van der Waals surface area contributed by atoms with Crippen molar-refractivity contribution in [2.75, 3.05) is 0 Å². The molecule has 0 rings (SSSR count). The maximum absolute atomic E-state index is 0. The van der Waals surface area contributed by atoms with Gasteiger partial charge in [-0.25, -0.2) is 0 Å². The summed E-state index contributed by atoms with van der Waals surface area (Å²) in [4.78, 5) is 0. The predicted molar refractivity (Wildman–Crippen MR) is 49.7 cm³/mol. The zero-order valence-electron chi connectivity index (χ0n) is 0.894. The van der Waals surface area contributed by atoms with Crippen molar-refractivity contribution in [1.82, 2.24) is 0 Å². The van der Waals surface area contributed by atoms with Crippen molar-refractivity contribution in [2.45, 2.75) is 0 Å². The van der Waals surface area contributed by atoms with E-state index in [2.05, 4.69) is 0 Å². The van der Waals surface area contributed by atoms with Gasteiger partial charge < -0.3 is 0 Å². The summed E-state index contributed by atoms with van der Waals surface area (Å²) in [5.41, 5.74) is 0. The van der Waals surface area contributed by atoms with Gasteiger partial charge in [0.15, 0.2) is 0 Å². The molecule has 0 atom stereocenters. The Labute approximate surface area is 133 Å². The molecular formula is H15Ga5V2. The fourth-order valence-corrected chi connectivity index (χ4v) is 0. The third kappa shape index (κ3) is 38.1. The Bertz CT molecular complexity index is 6.04. The minimum absolute atomic E-state index is 0. The Kier molecular flexibility index (Phi) is 439. The molecule has 0 aliphatic carbocycles. The molecule has 0 aromatic heterocycles. The summed E-state index contributed by atoms with van der Waals surface area (Å²) in [5, 5.41) is 0. The number of hydrogen-bond donors (Lipinski definition) is 0. The maximum atomic E-state index is 0. The van der Waals surface area contributed by atoms with Crippen molar-refractivity contribution in [3.8, 4) is 0 Å². The first-order chi connectivity index (χ1) is 0. The van der Waals surface area contributed by atoms with E-state index in [9.17, 15) is 0 Å². The standard InChI is InChI=1S/5Ga.2V.15H. The molecule has 0 saturated heterocycles. The van der Waals surface area contributed by atoms with Crippen molar-refractivity contribution in [3.63, 3.8) is 0 Å². The Balaban J connectivity index is 0. The molecule has 2 radical (unpaired) electrons. The van der Waals surface area contributed by atoms with Crippen LogP contribution in [0.4, 0.5) is 0 Å². The van der Waals surface area contributed by atoms with Gasteiger partial charge in [0.1, 0.15) is 0 Å². The molecule has 0 spiro atoms. The molecule has 0 bridgehead atoms. The van der Waals surface area contributed by atoms with E-state index >= 15 is 0 Å². The van der Waals surface area contributed by atoms with Gasteiger partial charge in [0, 0.05) is 37.1 Å². The number of hydrogen-bond acceptors (Lipinski definition) is 0. The van der Waals surface area contributed by atoms with Crippen LogP contribution in [0.1, 0.15) is 0 Å². The monoisotopic (exact) mass is 462 g/mol. The Morgan fingerprint density at radius 2 is 0.286 bits per heavy atom. The molecule has 7 heteroatoms. The summed E-state index contributed by atoms with van der Waals surface area (Å²) in [7, 11) is 0. The zero-order chi connectivity index (χ0) is 0. The molecule has 0 heterocycles. The molecule has 7 heavy (non-hydrogen) atoms. The van der Waals surface area contributed by atoms with Crippen molar-refractivity contribution < 1.29 is 37.1 Å². The van der Waals surface area contributed by atoms with Gasteiger partial charge in [-0.2, -0.15) is 0 Å². The summed E-state index contributed by atoms with van der Waals surface area (Å²) in [6.07, 6.45) is 0. The van der Waals surface area contributed by atoms with Crippen molar-refractivity contribution in [1.29, 1.82) is 0 Å². The first-order valence-corrected chi connectivity index (χ1v) is 0. The van der Waals surface area contributed by atoms with E-state index in [1.807, 2.05) is 0 Å². The van der Waals surface area contributed by atoms with Crippen LogP contribution in [0.2, 0.25) is 0 Å². The van der Waals surface area contributed by atoms with Gasteiger partial charge in [-0.3, -0.25) is 0 Å². The van der Waals surface area contributed by atoms with Gasteiger partial charge in [-0.05, 0) is 0 Å². The maximum Gasteiger partial charge on any atom is 0 e. The topological polar surface area (TPSA) is 0 Å². The molecule has 0 aliphatic rings. The van der Waals surface area contributed by atoms with Crippen LogP contribution < -0.4 is 0 Å². The second-order valence-corrected chi connectivity index (χ2v) is 0. The van der Waals surface area contributed by atoms with Crippen molar-refractivity contribution in [3.05, 3.63) is 0 Å². The van der Waals surface area contributed by atoms with Crippen LogP contribution >= 0.6 is 0 Å². The first kappa shape index (κ1) is 64.2. The normalized spacial score (nSPS) is 0. The molecule has 0 aliphatic heterocycles. The van der Waals surface area contributed by atoms with Gasteiger partial charge in [0.05, 0.1) is 0 Å². The van der Waals surface area contributed by atoms with Gasteiger partial charge in [-0.1, -0.05) is 0 Å². The van der Waals surface area contributed by atoms with E-state index in [-0.39, 0.29) is 136 Å². The molecule has 0 aromatic rings. The predicted octanol–water partition coefficient (Wildman–Crippen LogP) is -5.92. The quantitative estimate of drug-likeness (QED) is 0.313. The second-order valence-electron chi connectivity index (χ2n) is 0. The molecule has 0 saturated carbocycles. The minimum atomic E-state index is 0. The van der Waals surface area contributed by atoms with Crippen molar-refractivity contribution in [2.24, 2.45) is 0 Å². The van der Waals surface area contributed by atoms with Crippen molar-refractivity contribution >= 4 is 99.0 Å². The zero-order valence-corrected chi connectivity index (χ0v) is 3.69. The average Bonchev–Trinajstić information content (AvgIpc) is 0. The molecule has 0 unspecified atom stereocenters. The largest absolute Gasteiger partial charge is 0 e.